The van der Waals surface area contributed by atoms with Crippen LogP contribution in [0.3, 0.4) is 0 Å². The van der Waals surface area contributed by atoms with Gasteiger partial charge in [0, 0.05) is 77.5 Å². The molecule has 5 rings (SSSR count). The van der Waals surface area contributed by atoms with Crippen LogP contribution in [0.5, 0.6) is 0 Å². The van der Waals surface area contributed by atoms with Crippen molar-refractivity contribution in [2.45, 2.75) is 59.0 Å². The van der Waals surface area contributed by atoms with Gasteiger partial charge in [-0.05, 0) is 43.0 Å². The summed E-state index contributed by atoms with van der Waals surface area (Å²) in [6.45, 7) is 18.0. The van der Waals surface area contributed by atoms with Crippen LogP contribution >= 0.6 is 0 Å². The normalized spacial score (nSPS) is 22.4. The maximum Gasteiger partial charge on any atom is 0.0240 e. The Morgan fingerprint density at radius 2 is 0.919 bits per heavy atom. The lowest BCUT2D eigenvalue weighted by atomic mass is 10.0. The summed E-state index contributed by atoms with van der Waals surface area (Å²) in [5, 5.41) is 0. The number of hydrogen-bond donors (Lipinski definition) is 0. The number of aryl methyl sites for hydroxylation is 1. The second kappa shape index (κ2) is 12.4. The third kappa shape index (κ3) is 7.30. The van der Waals surface area contributed by atoms with Gasteiger partial charge in [-0.15, -0.1) is 0 Å². The zero-order chi connectivity index (χ0) is 25.6. The molecule has 0 aliphatic carbocycles. The average Bonchev–Trinajstić information content (AvgIpc) is 2.90. The molecule has 2 unspecified atom stereocenters. The van der Waals surface area contributed by atoms with Gasteiger partial charge in [-0.3, -0.25) is 19.6 Å². The minimum atomic E-state index is 0.557. The van der Waals surface area contributed by atoms with Gasteiger partial charge < -0.3 is 0 Å². The molecule has 3 aromatic carbocycles. The standard InChI is InChI=1S/C33H44N4/c1-27-9-11-31(12-10-27)25-36-21-28(2)37(29(3)22-36)26-33-15-13-32(14-16-33)24-35-19-17-34(18-20-35)23-30-7-5-4-6-8-30/h4-16,28-29H,17-26H2,1-3H3. The van der Waals surface area contributed by atoms with Crippen molar-refractivity contribution in [3.8, 4) is 0 Å². The molecule has 0 N–H and O–H groups in total. The van der Waals surface area contributed by atoms with E-state index in [-0.39, 0.29) is 0 Å². The number of benzene rings is 3. The predicted molar refractivity (Wildman–Crippen MR) is 154 cm³/mol. The summed E-state index contributed by atoms with van der Waals surface area (Å²) < 4.78 is 0. The topological polar surface area (TPSA) is 13.0 Å². The van der Waals surface area contributed by atoms with E-state index in [4.69, 9.17) is 0 Å². The van der Waals surface area contributed by atoms with Gasteiger partial charge in [0.2, 0.25) is 0 Å². The molecule has 4 nitrogen and oxygen atoms in total. The molecule has 37 heavy (non-hydrogen) atoms. The molecule has 0 amide bonds. The first-order valence-corrected chi connectivity index (χ1v) is 14.1. The van der Waals surface area contributed by atoms with Crippen molar-refractivity contribution in [1.29, 1.82) is 0 Å². The summed E-state index contributed by atoms with van der Waals surface area (Å²) in [4.78, 5) is 10.5. The summed E-state index contributed by atoms with van der Waals surface area (Å²) in [5.41, 5.74) is 7.05. The van der Waals surface area contributed by atoms with Crippen molar-refractivity contribution < 1.29 is 0 Å². The van der Waals surface area contributed by atoms with Gasteiger partial charge in [-0.1, -0.05) is 84.4 Å². The number of piperazine rings is 2. The van der Waals surface area contributed by atoms with Crippen LogP contribution in [0.25, 0.3) is 0 Å². The predicted octanol–water partition coefficient (Wildman–Crippen LogP) is 5.41. The summed E-state index contributed by atoms with van der Waals surface area (Å²) in [6, 6.07) is 30.4. The fourth-order valence-corrected chi connectivity index (χ4v) is 6.02. The number of nitrogens with zero attached hydrogens (tertiary/aromatic N) is 4. The summed E-state index contributed by atoms with van der Waals surface area (Å²) in [7, 11) is 0. The molecule has 3 aromatic rings. The molecule has 0 bridgehead atoms. The zero-order valence-electron chi connectivity index (χ0n) is 23.0. The van der Waals surface area contributed by atoms with Crippen LogP contribution in [-0.2, 0) is 26.2 Å². The molecular formula is C33H44N4. The maximum atomic E-state index is 2.69. The van der Waals surface area contributed by atoms with Crippen LogP contribution in [-0.4, -0.2) is 71.0 Å². The van der Waals surface area contributed by atoms with E-state index in [9.17, 15) is 0 Å². The smallest absolute Gasteiger partial charge is 0.0240 e. The van der Waals surface area contributed by atoms with Gasteiger partial charge >= 0.3 is 0 Å². The Balaban J connectivity index is 1.07. The van der Waals surface area contributed by atoms with E-state index in [0.29, 0.717) is 12.1 Å². The Kier molecular flexibility index (Phi) is 8.73. The van der Waals surface area contributed by atoms with Crippen LogP contribution in [0.2, 0.25) is 0 Å². The Bertz CT molecular complexity index is 1080. The Hall–Kier alpha value is -2.50. The molecular weight excluding hydrogens is 452 g/mol. The summed E-state index contributed by atoms with van der Waals surface area (Å²) in [6.07, 6.45) is 0. The first kappa shape index (κ1) is 26.1. The fourth-order valence-electron chi connectivity index (χ4n) is 6.02. The molecule has 2 aliphatic rings. The highest BCUT2D eigenvalue weighted by Gasteiger charge is 2.29. The van der Waals surface area contributed by atoms with E-state index in [1.54, 1.807) is 0 Å². The Morgan fingerprint density at radius 3 is 1.43 bits per heavy atom. The molecule has 2 saturated heterocycles. The van der Waals surface area contributed by atoms with Gasteiger partial charge in [-0.25, -0.2) is 0 Å². The van der Waals surface area contributed by atoms with Crippen molar-refractivity contribution >= 4 is 0 Å². The Morgan fingerprint density at radius 1 is 0.514 bits per heavy atom. The molecule has 4 heteroatoms. The van der Waals surface area contributed by atoms with Gasteiger partial charge in [0.05, 0.1) is 0 Å². The first-order valence-electron chi connectivity index (χ1n) is 14.1. The van der Waals surface area contributed by atoms with E-state index >= 15 is 0 Å². The molecule has 2 aliphatic heterocycles. The molecule has 2 heterocycles. The highest BCUT2D eigenvalue weighted by molar-refractivity contribution is 5.24. The van der Waals surface area contributed by atoms with Crippen molar-refractivity contribution in [3.63, 3.8) is 0 Å². The minimum Gasteiger partial charge on any atom is -0.297 e. The largest absolute Gasteiger partial charge is 0.297 e. The van der Waals surface area contributed by atoms with Crippen molar-refractivity contribution in [2.75, 3.05) is 39.3 Å². The third-order valence-electron chi connectivity index (χ3n) is 8.21. The lowest BCUT2D eigenvalue weighted by Gasteiger charge is -2.44. The molecule has 2 atom stereocenters. The van der Waals surface area contributed by atoms with Gasteiger partial charge in [0.15, 0.2) is 0 Å². The second-order valence-electron chi connectivity index (χ2n) is 11.4. The van der Waals surface area contributed by atoms with E-state index in [1.165, 1.54) is 27.8 Å². The van der Waals surface area contributed by atoms with Gasteiger partial charge in [0.25, 0.3) is 0 Å². The van der Waals surface area contributed by atoms with Gasteiger partial charge in [-0.2, -0.15) is 0 Å². The second-order valence-corrected chi connectivity index (χ2v) is 11.4. The van der Waals surface area contributed by atoms with Crippen LogP contribution in [0.4, 0.5) is 0 Å². The molecule has 0 spiro atoms. The van der Waals surface area contributed by atoms with Gasteiger partial charge in [0.1, 0.15) is 0 Å². The highest BCUT2D eigenvalue weighted by atomic mass is 15.3. The average molecular weight is 497 g/mol. The minimum absolute atomic E-state index is 0.557. The van der Waals surface area contributed by atoms with Crippen LogP contribution in [0.1, 0.15) is 41.7 Å². The van der Waals surface area contributed by atoms with E-state index in [2.05, 4.69) is 119 Å². The van der Waals surface area contributed by atoms with E-state index < -0.39 is 0 Å². The molecule has 0 saturated carbocycles. The summed E-state index contributed by atoms with van der Waals surface area (Å²) in [5.74, 6) is 0. The molecule has 0 aromatic heterocycles. The van der Waals surface area contributed by atoms with Crippen LogP contribution in [0, 0.1) is 6.92 Å². The van der Waals surface area contributed by atoms with E-state index in [0.717, 1.165) is 65.4 Å². The van der Waals surface area contributed by atoms with Crippen LogP contribution < -0.4 is 0 Å². The fraction of sp³-hybridized carbons (Fsp3) is 0.455. The van der Waals surface area contributed by atoms with Crippen LogP contribution in [0.15, 0.2) is 78.9 Å². The zero-order valence-corrected chi connectivity index (χ0v) is 23.0. The lowest BCUT2D eigenvalue weighted by Crippen LogP contribution is -2.55. The SMILES string of the molecule is Cc1ccc(CN2CC(C)N(Cc3ccc(CN4CCN(Cc5ccccc5)CC4)cc3)C(C)C2)cc1. The highest BCUT2D eigenvalue weighted by Crippen LogP contribution is 2.21. The molecule has 196 valence electrons. The first-order chi connectivity index (χ1) is 18.0. The van der Waals surface area contributed by atoms with E-state index in [1.807, 2.05) is 0 Å². The van der Waals surface area contributed by atoms with Crippen molar-refractivity contribution in [1.82, 2.24) is 19.6 Å². The maximum absolute atomic E-state index is 2.69. The monoisotopic (exact) mass is 496 g/mol. The Labute approximate surface area is 224 Å². The molecule has 0 radical (unpaired) electrons. The summed E-state index contributed by atoms with van der Waals surface area (Å²) >= 11 is 0. The number of rotatable bonds is 8. The third-order valence-corrected chi connectivity index (χ3v) is 8.21. The van der Waals surface area contributed by atoms with Crippen molar-refractivity contribution in [2.24, 2.45) is 0 Å². The lowest BCUT2D eigenvalue weighted by molar-refractivity contribution is 0.0290. The van der Waals surface area contributed by atoms with Crippen molar-refractivity contribution in [3.05, 3.63) is 107 Å². The quantitative estimate of drug-likeness (QED) is 0.414. The number of hydrogen-bond acceptors (Lipinski definition) is 4. The molecule has 2 fully saturated rings.